The minimum Gasteiger partial charge on any atom is -0.481 e. The maximum atomic E-state index is 12.3. The molecule has 0 radical (unpaired) electrons. The fourth-order valence-electron chi connectivity index (χ4n) is 2.54. The van der Waals surface area contributed by atoms with E-state index in [1.165, 1.54) is 6.20 Å². The average molecular weight is 318 g/mol. The van der Waals surface area contributed by atoms with E-state index in [4.69, 9.17) is 0 Å². The van der Waals surface area contributed by atoms with Crippen molar-refractivity contribution < 1.29 is 14.7 Å². The lowest BCUT2D eigenvalue weighted by atomic mass is 9.97. The quantitative estimate of drug-likeness (QED) is 0.847. The number of hydrogen-bond acceptors (Lipinski definition) is 4. The van der Waals surface area contributed by atoms with Crippen LogP contribution in [0.25, 0.3) is 5.65 Å². The molecule has 2 heterocycles. The highest BCUT2D eigenvalue weighted by molar-refractivity contribution is 5.95. The van der Waals surface area contributed by atoms with E-state index in [0.717, 1.165) is 5.69 Å². The Hall–Kier alpha value is -2.44. The van der Waals surface area contributed by atoms with Crippen molar-refractivity contribution in [3.63, 3.8) is 0 Å². The van der Waals surface area contributed by atoms with Gasteiger partial charge >= 0.3 is 5.97 Å². The molecule has 23 heavy (non-hydrogen) atoms. The molecule has 7 nitrogen and oxygen atoms in total. The van der Waals surface area contributed by atoms with Crippen LogP contribution in [0.3, 0.4) is 0 Å². The minimum absolute atomic E-state index is 0.0992. The van der Waals surface area contributed by atoms with Crippen molar-refractivity contribution in [1.82, 2.24) is 19.9 Å². The topological polar surface area (TPSA) is 96.6 Å². The predicted octanol–water partition coefficient (Wildman–Crippen LogP) is 1.82. The number of aliphatic carboxylic acids is 1. The number of rotatable bonds is 6. The first-order valence-corrected chi connectivity index (χ1v) is 7.62. The number of nitrogens with one attached hydrogen (secondary N) is 1. The highest BCUT2D eigenvalue weighted by Crippen LogP contribution is 2.13. The highest BCUT2D eigenvalue weighted by atomic mass is 16.4. The van der Waals surface area contributed by atoms with E-state index in [2.05, 4.69) is 15.4 Å². The fourth-order valence-corrected chi connectivity index (χ4v) is 2.54. The summed E-state index contributed by atoms with van der Waals surface area (Å²) in [7, 11) is 0. The number of carbonyl (C=O) groups is 2. The summed E-state index contributed by atoms with van der Waals surface area (Å²) < 4.78 is 1.62. The van der Waals surface area contributed by atoms with Crippen LogP contribution >= 0.6 is 0 Å². The average Bonchev–Trinajstić information content (AvgIpc) is 2.84. The first kappa shape index (κ1) is 16.9. The van der Waals surface area contributed by atoms with Crippen LogP contribution < -0.4 is 5.32 Å². The lowest BCUT2D eigenvalue weighted by molar-refractivity contribution is -0.142. The molecule has 1 amide bonds. The van der Waals surface area contributed by atoms with Gasteiger partial charge in [-0.05, 0) is 26.2 Å². The fraction of sp³-hybridized carbons (Fsp3) is 0.500. The third-order valence-corrected chi connectivity index (χ3v) is 3.70. The van der Waals surface area contributed by atoms with Crippen molar-refractivity contribution in [3.8, 4) is 0 Å². The van der Waals surface area contributed by atoms with Crippen LogP contribution in [0.1, 0.15) is 42.0 Å². The van der Waals surface area contributed by atoms with Crippen molar-refractivity contribution >= 4 is 17.5 Å². The number of nitrogens with zero attached hydrogens (tertiary/aromatic N) is 3. The van der Waals surface area contributed by atoms with Gasteiger partial charge in [-0.1, -0.05) is 13.8 Å². The second-order valence-corrected chi connectivity index (χ2v) is 6.19. The summed E-state index contributed by atoms with van der Waals surface area (Å²) in [5.74, 6) is -1.57. The van der Waals surface area contributed by atoms with Gasteiger partial charge in [-0.3, -0.25) is 9.59 Å². The molecule has 2 aromatic heterocycles. The summed E-state index contributed by atoms with van der Waals surface area (Å²) in [6, 6.07) is 1.83. The second kappa shape index (κ2) is 6.76. The molecule has 2 rings (SSSR count). The van der Waals surface area contributed by atoms with E-state index in [0.29, 0.717) is 23.3 Å². The number of carboxylic acids is 1. The molecule has 7 heteroatoms. The van der Waals surface area contributed by atoms with Crippen LogP contribution in [0.15, 0.2) is 12.3 Å². The number of aryl methyl sites for hydroxylation is 2. The van der Waals surface area contributed by atoms with Crippen molar-refractivity contribution in [2.45, 2.75) is 34.1 Å². The molecule has 0 bridgehead atoms. The summed E-state index contributed by atoms with van der Waals surface area (Å²) in [6.07, 6.45) is 2.02. The Morgan fingerprint density at radius 1 is 1.35 bits per heavy atom. The molecule has 0 fully saturated rings. The minimum atomic E-state index is -0.896. The Labute approximate surface area is 134 Å². The molecule has 0 saturated heterocycles. The molecule has 1 unspecified atom stereocenters. The molecule has 0 saturated carbocycles. The summed E-state index contributed by atoms with van der Waals surface area (Å²) in [4.78, 5) is 27.8. The van der Waals surface area contributed by atoms with Crippen molar-refractivity contribution in [1.29, 1.82) is 0 Å². The van der Waals surface area contributed by atoms with E-state index in [1.807, 2.05) is 26.8 Å². The van der Waals surface area contributed by atoms with Crippen molar-refractivity contribution in [2.75, 3.05) is 6.54 Å². The van der Waals surface area contributed by atoms with Crippen molar-refractivity contribution in [3.05, 3.63) is 29.2 Å². The molecule has 0 aromatic carbocycles. The standard InChI is InChI=1S/C16H22N4O3/c1-9(2)5-12(16(22)23)7-18-15(21)13-8-17-14-6-10(3)19-20(14)11(13)4/h6,8-9,12H,5,7H2,1-4H3,(H,18,21)(H,22,23). The molecule has 0 aliphatic heterocycles. The zero-order valence-corrected chi connectivity index (χ0v) is 13.8. The van der Waals surface area contributed by atoms with Crippen LogP contribution in [-0.2, 0) is 4.79 Å². The first-order valence-electron chi connectivity index (χ1n) is 7.62. The third-order valence-electron chi connectivity index (χ3n) is 3.70. The second-order valence-electron chi connectivity index (χ2n) is 6.19. The lowest BCUT2D eigenvalue weighted by Crippen LogP contribution is -2.34. The SMILES string of the molecule is Cc1cc2ncc(C(=O)NCC(CC(C)C)C(=O)O)c(C)n2n1. The predicted molar refractivity (Wildman–Crippen MR) is 85.4 cm³/mol. The molecular formula is C16H22N4O3. The Kier molecular flexibility index (Phi) is 4.98. The first-order chi connectivity index (χ1) is 10.8. The van der Waals surface area contributed by atoms with Gasteiger partial charge in [-0.2, -0.15) is 5.10 Å². The number of carbonyl (C=O) groups excluding carboxylic acids is 1. The van der Waals surface area contributed by atoms with Gasteiger partial charge in [0.05, 0.1) is 22.9 Å². The molecule has 0 aliphatic carbocycles. The Morgan fingerprint density at radius 2 is 2.04 bits per heavy atom. The molecule has 0 aliphatic rings. The van der Waals surface area contributed by atoms with Crippen molar-refractivity contribution in [2.24, 2.45) is 11.8 Å². The number of fused-ring (bicyclic) bond motifs is 1. The summed E-state index contributed by atoms with van der Waals surface area (Å²) in [5, 5.41) is 16.2. The normalized spacial score (nSPS) is 12.6. The number of carboxylic acid groups (broad SMARTS) is 1. The van der Waals surface area contributed by atoms with Gasteiger partial charge in [0, 0.05) is 18.8 Å². The number of hydrogen-bond donors (Lipinski definition) is 2. The van der Waals surface area contributed by atoms with Gasteiger partial charge in [-0.25, -0.2) is 9.50 Å². The van der Waals surface area contributed by atoms with Crippen LogP contribution in [0.5, 0.6) is 0 Å². The summed E-state index contributed by atoms with van der Waals surface area (Å²) >= 11 is 0. The molecular weight excluding hydrogens is 296 g/mol. The molecule has 2 N–H and O–H groups in total. The zero-order valence-electron chi connectivity index (χ0n) is 13.8. The third kappa shape index (κ3) is 3.85. The maximum Gasteiger partial charge on any atom is 0.308 e. The lowest BCUT2D eigenvalue weighted by Gasteiger charge is -2.16. The van der Waals surface area contributed by atoms with E-state index < -0.39 is 11.9 Å². The number of amides is 1. The Morgan fingerprint density at radius 3 is 2.65 bits per heavy atom. The monoisotopic (exact) mass is 318 g/mol. The van der Waals surface area contributed by atoms with Gasteiger partial charge < -0.3 is 10.4 Å². The Bertz CT molecular complexity index is 736. The van der Waals surface area contributed by atoms with E-state index in [9.17, 15) is 14.7 Å². The van der Waals surface area contributed by atoms with Gasteiger partial charge in [0.2, 0.25) is 0 Å². The molecule has 2 aromatic rings. The van der Waals surface area contributed by atoms with Crippen LogP contribution in [0.4, 0.5) is 0 Å². The maximum absolute atomic E-state index is 12.3. The van der Waals surface area contributed by atoms with Crippen LogP contribution in [0, 0.1) is 25.7 Å². The Balaban J connectivity index is 2.14. The van der Waals surface area contributed by atoms with Gasteiger partial charge in [0.15, 0.2) is 5.65 Å². The van der Waals surface area contributed by atoms with E-state index in [1.54, 1.807) is 11.4 Å². The van der Waals surface area contributed by atoms with Crippen LogP contribution in [0.2, 0.25) is 0 Å². The van der Waals surface area contributed by atoms with E-state index >= 15 is 0 Å². The summed E-state index contributed by atoms with van der Waals surface area (Å²) in [5.41, 5.74) is 2.58. The van der Waals surface area contributed by atoms with E-state index in [-0.39, 0.29) is 18.4 Å². The summed E-state index contributed by atoms with van der Waals surface area (Å²) in [6.45, 7) is 7.66. The smallest absolute Gasteiger partial charge is 0.308 e. The van der Waals surface area contributed by atoms with Gasteiger partial charge in [0.1, 0.15) is 0 Å². The largest absolute Gasteiger partial charge is 0.481 e. The van der Waals surface area contributed by atoms with Crippen LogP contribution in [-0.4, -0.2) is 38.1 Å². The van der Waals surface area contributed by atoms with Gasteiger partial charge in [0.25, 0.3) is 5.91 Å². The molecule has 1 atom stereocenters. The highest BCUT2D eigenvalue weighted by Gasteiger charge is 2.21. The van der Waals surface area contributed by atoms with Gasteiger partial charge in [-0.15, -0.1) is 0 Å². The number of aromatic nitrogens is 3. The molecule has 124 valence electrons. The molecule has 0 spiro atoms. The zero-order chi connectivity index (χ0) is 17.1.